The molecule has 0 spiro atoms. The van der Waals surface area contributed by atoms with Crippen molar-refractivity contribution in [2.75, 3.05) is 0 Å². The van der Waals surface area contributed by atoms with Crippen molar-refractivity contribution >= 4 is 32.7 Å². The Morgan fingerprint density at radius 1 is 0.429 bits per heavy atom. The lowest BCUT2D eigenvalue weighted by Crippen LogP contribution is -2.14. The zero-order valence-electron chi connectivity index (χ0n) is 31.1. The van der Waals surface area contributed by atoms with Crippen molar-refractivity contribution < 1.29 is 4.42 Å². The molecule has 10 aromatic rings. The standard InChI is InChI=1S/C53H36N2O/c1-53(2)44-25-12-11-21-41(44)49-42(23-14-26-45(49)53)47-32-46(54-52(55-47)35-18-7-4-8-19-35)38-30-36(33-15-5-3-6-16-33)29-37(31-38)40-22-13-24-43-50-39-20-10-9-17-34(39)27-28-48(50)56-51(40)43/h3-32H,1-2H3. The predicted octanol–water partition coefficient (Wildman–Crippen LogP) is 14.2. The van der Waals surface area contributed by atoms with Crippen LogP contribution in [0.25, 0.3) is 100.0 Å². The average Bonchev–Trinajstić information content (AvgIpc) is 3.76. The molecule has 0 bridgehead atoms. The van der Waals surface area contributed by atoms with Crippen molar-refractivity contribution in [3.8, 4) is 67.3 Å². The summed E-state index contributed by atoms with van der Waals surface area (Å²) < 4.78 is 6.75. The Balaban J connectivity index is 1.17. The van der Waals surface area contributed by atoms with Gasteiger partial charge in [0.25, 0.3) is 0 Å². The van der Waals surface area contributed by atoms with Crippen molar-refractivity contribution in [3.63, 3.8) is 0 Å². The van der Waals surface area contributed by atoms with Gasteiger partial charge in [0.05, 0.1) is 11.4 Å². The Kier molecular flexibility index (Phi) is 7.20. The molecule has 56 heavy (non-hydrogen) atoms. The van der Waals surface area contributed by atoms with E-state index in [0.717, 1.165) is 72.3 Å². The number of hydrogen-bond acceptors (Lipinski definition) is 3. The summed E-state index contributed by atoms with van der Waals surface area (Å²) in [5.41, 5.74) is 16.0. The van der Waals surface area contributed by atoms with E-state index in [0.29, 0.717) is 5.82 Å². The molecule has 0 amide bonds. The molecule has 0 saturated carbocycles. The monoisotopic (exact) mass is 716 g/mol. The predicted molar refractivity (Wildman–Crippen MR) is 232 cm³/mol. The van der Waals surface area contributed by atoms with Gasteiger partial charge in [-0.3, -0.25) is 0 Å². The van der Waals surface area contributed by atoms with Gasteiger partial charge in [-0.15, -0.1) is 0 Å². The Bertz CT molecular complexity index is 3160. The van der Waals surface area contributed by atoms with Crippen LogP contribution in [0.15, 0.2) is 186 Å². The van der Waals surface area contributed by atoms with Gasteiger partial charge in [0.2, 0.25) is 0 Å². The largest absolute Gasteiger partial charge is 0.455 e. The highest BCUT2D eigenvalue weighted by atomic mass is 16.3. The van der Waals surface area contributed by atoms with Gasteiger partial charge in [-0.2, -0.15) is 0 Å². The molecule has 0 unspecified atom stereocenters. The highest BCUT2D eigenvalue weighted by Crippen LogP contribution is 2.52. The van der Waals surface area contributed by atoms with E-state index in [-0.39, 0.29) is 5.41 Å². The topological polar surface area (TPSA) is 38.9 Å². The van der Waals surface area contributed by atoms with Crippen LogP contribution < -0.4 is 0 Å². The number of nitrogens with zero attached hydrogens (tertiary/aromatic N) is 2. The molecule has 2 heterocycles. The lowest BCUT2D eigenvalue weighted by atomic mass is 9.82. The number of rotatable bonds is 5. The number of furan rings is 1. The molecular weight excluding hydrogens is 681 g/mol. The minimum absolute atomic E-state index is 0.122. The highest BCUT2D eigenvalue weighted by Gasteiger charge is 2.36. The van der Waals surface area contributed by atoms with E-state index >= 15 is 0 Å². The Morgan fingerprint density at radius 3 is 1.91 bits per heavy atom. The molecule has 0 atom stereocenters. The van der Waals surface area contributed by atoms with Crippen molar-refractivity contribution in [2.45, 2.75) is 19.3 Å². The van der Waals surface area contributed by atoms with Gasteiger partial charge >= 0.3 is 0 Å². The van der Waals surface area contributed by atoms with Crippen molar-refractivity contribution in [1.82, 2.24) is 9.97 Å². The minimum atomic E-state index is -0.122. The summed E-state index contributed by atoms with van der Waals surface area (Å²) >= 11 is 0. The Morgan fingerprint density at radius 2 is 1.05 bits per heavy atom. The van der Waals surface area contributed by atoms with Gasteiger partial charge in [0.1, 0.15) is 11.2 Å². The number of benzene rings is 8. The fourth-order valence-electron chi connectivity index (χ4n) is 8.94. The van der Waals surface area contributed by atoms with Gasteiger partial charge < -0.3 is 4.42 Å². The maximum Gasteiger partial charge on any atom is 0.160 e. The second-order valence-electron chi connectivity index (χ2n) is 15.3. The van der Waals surface area contributed by atoms with E-state index in [1.807, 2.05) is 6.07 Å². The van der Waals surface area contributed by atoms with Gasteiger partial charge in [-0.25, -0.2) is 9.97 Å². The lowest BCUT2D eigenvalue weighted by molar-refractivity contribution is 0.660. The van der Waals surface area contributed by atoms with Crippen molar-refractivity contribution in [1.29, 1.82) is 0 Å². The second kappa shape index (κ2) is 12.5. The van der Waals surface area contributed by atoms with Crippen LogP contribution >= 0.6 is 0 Å². The summed E-state index contributed by atoms with van der Waals surface area (Å²) in [6.07, 6.45) is 0. The maximum absolute atomic E-state index is 6.75. The SMILES string of the molecule is CC1(C)c2ccccc2-c2c(-c3cc(-c4cc(-c5ccccc5)cc(-c5cccc6c5oc5ccc7ccccc7c56)c4)nc(-c4ccccc4)n3)cccc21. The smallest absolute Gasteiger partial charge is 0.160 e. The summed E-state index contributed by atoms with van der Waals surface area (Å²) in [6, 6.07) is 64.7. The fourth-order valence-corrected chi connectivity index (χ4v) is 8.94. The minimum Gasteiger partial charge on any atom is -0.455 e. The van der Waals surface area contributed by atoms with E-state index in [4.69, 9.17) is 14.4 Å². The van der Waals surface area contributed by atoms with Crippen LogP contribution in [0.4, 0.5) is 0 Å². The first-order valence-corrected chi connectivity index (χ1v) is 19.2. The summed E-state index contributed by atoms with van der Waals surface area (Å²) in [4.78, 5) is 10.7. The molecule has 3 heteroatoms. The zero-order chi connectivity index (χ0) is 37.4. The quantitative estimate of drug-likeness (QED) is 0.178. The summed E-state index contributed by atoms with van der Waals surface area (Å²) in [5, 5.41) is 4.65. The molecule has 1 aliphatic rings. The number of aromatic nitrogens is 2. The van der Waals surface area contributed by atoms with E-state index in [2.05, 4.69) is 190 Å². The van der Waals surface area contributed by atoms with E-state index in [9.17, 15) is 0 Å². The van der Waals surface area contributed by atoms with Gasteiger partial charge in [0.15, 0.2) is 5.82 Å². The molecule has 3 nitrogen and oxygen atoms in total. The molecule has 1 aliphatic carbocycles. The molecule has 0 radical (unpaired) electrons. The van der Waals surface area contributed by atoms with Gasteiger partial charge in [-0.1, -0.05) is 166 Å². The number of fused-ring (bicyclic) bond motifs is 8. The van der Waals surface area contributed by atoms with Crippen LogP contribution in [-0.2, 0) is 5.41 Å². The van der Waals surface area contributed by atoms with Crippen molar-refractivity contribution in [2.24, 2.45) is 0 Å². The number of para-hydroxylation sites is 1. The first-order valence-electron chi connectivity index (χ1n) is 19.2. The third-order valence-corrected chi connectivity index (χ3v) is 11.7. The number of hydrogen-bond donors (Lipinski definition) is 0. The van der Waals surface area contributed by atoms with Gasteiger partial charge in [0, 0.05) is 38.4 Å². The Labute approximate surface area is 325 Å². The van der Waals surface area contributed by atoms with E-state index in [1.165, 1.54) is 33.0 Å². The third kappa shape index (κ3) is 5.05. The average molecular weight is 717 g/mol. The van der Waals surface area contributed by atoms with Crippen LogP contribution in [0.2, 0.25) is 0 Å². The van der Waals surface area contributed by atoms with Crippen LogP contribution in [-0.4, -0.2) is 9.97 Å². The van der Waals surface area contributed by atoms with E-state index in [1.54, 1.807) is 0 Å². The molecule has 0 saturated heterocycles. The van der Waals surface area contributed by atoms with Crippen LogP contribution in [0, 0.1) is 0 Å². The van der Waals surface area contributed by atoms with Crippen LogP contribution in [0.5, 0.6) is 0 Å². The lowest BCUT2D eigenvalue weighted by Gasteiger charge is -2.21. The fraction of sp³-hybridized carbons (Fsp3) is 0.0566. The van der Waals surface area contributed by atoms with Gasteiger partial charge in [-0.05, 0) is 80.0 Å². The summed E-state index contributed by atoms with van der Waals surface area (Å²) in [7, 11) is 0. The van der Waals surface area contributed by atoms with Crippen LogP contribution in [0.1, 0.15) is 25.0 Å². The molecule has 8 aromatic carbocycles. The summed E-state index contributed by atoms with van der Waals surface area (Å²) in [6.45, 7) is 4.65. The molecule has 2 aromatic heterocycles. The first-order chi connectivity index (χ1) is 27.5. The first kappa shape index (κ1) is 32.3. The van der Waals surface area contributed by atoms with E-state index < -0.39 is 0 Å². The normalized spacial score (nSPS) is 13.0. The Hall–Kier alpha value is -7.10. The molecular formula is C53H36N2O. The molecule has 0 N–H and O–H groups in total. The second-order valence-corrected chi connectivity index (χ2v) is 15.3. The highest BCUT2D eigenvalue weighted by molar-refractivity contribution is 6.20. The maximum atomic E-state index is 6.75. The molecule has 264 valence electrons. The summed E-state index contributed by atoms with van der Waals surface area (Å²) in [5.74, 6) is 0.694. The van der Waals surface area contributed by atoms with Crippen LogP contribution in [0.3, 0.4) is 0 Å². The van der Waals surface area contributed by atoms with Crippen molar-refractivity contribution in [3.05, 3.63) is 193 Å². The molecule has 0 aliphatic heterocycles. The molecule has 0 fully saturated rings. The third-order valence-electron chi connectivity index (χ3n) is 11.7. The zero-order valence-corrected chi connectivity index (χ0v) is 31.1. The molecule has 11 rings (SSSR count).